The molecule has 0 radical (unpaired) electrons. The van der Waals surface area contributed by atoms with E-state index in [1.54, 1.807) is 27.9 Å². The number of imidazole rings is 1. The van der Waals surface area contributed by atoms with Crippen molar-refractivity contribution < 1.29 is 19.1 Å². The van der Waals surface area contributed by atoms with Crippen LogP contribution < -0.4 is 21.5 Å². The van der Waals surface area contributed by atoms with Crippen LogP contribution in [0.4, 0.5) is 10.6 Å². The summed E-state index contributed by atoms with van der Waals surface area (Å²) in [5, 5.41) is 3.56. The van der Waals surface area contributed by atoms with E-state index in [4.69, 9.17) is 25.9 Å². The zero-order valence-electron chi connectivity index (χ0n) is 22.2. The SMILES string of the molecule is COc1ccc(Cc2nc3c(N)nc4ccccc4c3n2C(CCCNC(=O)OC(C)(C)C)C(N)=O)cc1. The van der Waals surface area contributed by atoms with E-state index in [2.05, 4.69) is 10.3 Å². The molecule has 4 aromatic rings. The number of fused-ring (bicyclic) bond motifs is 3. The van der Waals surface area contributed by atoms with Gasteiger partial charge in [-0.1, -0.05) is 30.3 Å². The summed E-state index contributed by atoms with van der Waals surface area (Å²) < 4.78 is 12.5. The Kier molecular flexibility index (Phi) is 7.70. The highest BCUT2D eigenvalue weighted by Gasteiger charge is 2.26. The van der Waals surface area contributed by atoms with E-state index < -0.39 is 23.6 Å². The smallest absolute Gasteiger partial charge is 0.407 e. The molecular formula is C28H34N6O4. The molecule has 10 nitrogen and oxygen atoms in total. The Bertz CT molecular complexity index is 1460. The van der Waals surface area contributed by atoms with Gasteiger partial charge in [-0.25, -0.2) is 14.8 Å². The Morgan fingerprint density at radius 3 is 2.45 bits per heavy atom. The lowest BCUT2D eigenvalue weighted by Gasteiger charge is -2.21. The molecule has 0 saturated heterocycles. The molecule has 5 N–H and O–H groups in total. The molecule has 0 aliphatic rings. The van der Waals surface area contributed by atoms with Gasteiger partial charge in [-0.3, -0.25) is 4.79 Å². The van der Waals surface area contributed by atoms with Crippen LogP contribution >= 0.6 is 0 Å². The van der Waals surface area contributed by atoms with Gasteiger partial charge in [0, 0.05) is 18.4 Å². The van der Waals surface area contributed by atoms with E-state index in [0.717, 1.165) is 16.7 Å². The largest absolute Gasteiger partial charge is 0.497 e. The molecule has 10 heteroatoms. The summed E-state index contributed by atoms with van der Waals surface area (Å²) in [6.45, 7) is 5.73. The number of carbonyl (C=O) groups excluding carboxylic acids is 2. The second-order valence-electron chi connectivity index (χ2n) is 10.1. The van der Waals surface area contributed by atoms with Crippen LogP contribution in [0.1, 0.15) is 51.0 Å². The number of aromatic nitrogens is 3. The monoisotopic (exact) mass is 518 g/mol. The molecular weight excluding hydrogens is 484 g/mol. The van der Waals surface area contributed by atoms with Crippen molar-refractivity contribution in [3.05, 3.63) is 59.9 Å². The Morgan fingerprint density at radius 1 is 1.08 bits per heavy atom. The minimum atomic E-state index is -0.723. The van der Waals surface area contributed by atoms with E-state index >= 15 is 0 Å². The number of pyridine rings is 1. The predicted octanol–water partition coefficient (Wildman–Crippen LogP) is 4.10. The summed E-state index contributed by atoms with van der Waals surface area (Å²) in [6.07, 6.45) is 0.800. The number of benzene rings is 2. The van der Waals surface area contributed by atoms with Crippen LogP contribution in [0.5, 0.6) is 5.75 Å². The van der Waals surface area contributed by atoms with Crippen molar-refractivity contribution in [3.63, 3.8) is 0 Å². The van der Waals surface area contributed by atoms with Crippen LogP contribution in [0.25, 0.3) is 21.9 Å². The molecule has 0 aliphatic carbocycles. The third kappa shape index (κ3) is 5.96. The van der Waals surface area contributed by atoms with Crippen LogP contribution in [-0.2, 0) is 16.0 Å². The Hall–Kier alpha value is -4.34. The maximum atomic E-state index is 12.9. The molecule has 2 amide bonds. The van der Waals surface area contributed by atoms with Crippen molar-refractivity contribution in [2.24, 2.45) is 5.73 Å². The van der Waals surface area contributed by atoms with Crippen LogP contribution in [-0.4, -0.2) is 45.8 Å². The molecule has 2 heterocycles. The number of alkyl carbamates (subject to hydrolysis) is 1. The van der Waals surface area contributed by atoms with Gasteiger partial charge in [0.2, 0.25) is 5.91 Å². The second kappa shape index (κ2) is 11.0. The molecule has 1 unspecified atom stereocenters. The number of rotatable bonds is 9. The third-order valence-corrected chi connectivity index (χ3v) is 6.11. The highest BCUT2D eigenvalue weighted by Crippen LogP contribution is 2.33. The third-order valence-electron chi connectivity index (χ3n) is 6.11. The zero-order chi connectivity index (χ0) is 27.4. The number of methoxy groups -OCH3 is 1. The number of amides is 2. The second-order valence-corrected chi connectivity index (χ2v) is 10.1. The van der Waals surface area contributed by atoms with E-state index in [0.29, 0.717) is 48.2 Å². The van der Waals surface area contributed by atoms with Gasteiger partial charge in [0.05, 0.1) is 18.1 Å². The summed E-state index contributed by atoms with van der Waals surface area (Å²) in [7, 11) is 1.62. The number of ether oxygens (including phenoxy) is 2. The highest BCUT2D eigenvalue weighted by atomic mass is 16.6. The fraction of sp³-hybridized carbons (Fsp3) is 0.357. The van der Waals surface area contributed by atoms with Crippen molar-refractivity contribution in [1.29, 1.82) is 0 Å². The van der Waals surface area contributed by atoms with Crippen molar-refractivity contribution in [2.45, 2.75) is 51.7 Å². The van der Waals surface area contributed by atoms with Gasteiger partial charge < -0.3 is 30.8 Å². The minimum absolute atomic E-state index is 0.281. The lowest BCUT2D eigenvalue weighted by Crippen LogP contribution is -2.34. The summed E-state index contributed by atoms with van der Waals surface area (Å²) in [6, 6.07) is 14.5. The average Bonchev–Trinajstić information content (AvgIpc) is 3.22. The number of carbonyl (C=O) groups is 2. The molecule has 0 spiro atoms. The molecule has 0 saturated carbocycles. The highest BCUT2D eigenvalue weighted by molar-refractivity contribution is 6.07. The summed E-state index contributed by atoms with van der Waals surface area (Å²) >= 11 is 0. The Morgan fingerprint density at radius 2 is 1.79 bits per heavy atom. The molecule has 0 aliphatic heterocycles. The molecule has 4 rings (SSSR count). The number of nitrogen functional groups attached to an aromatic ring is 1. The predicted molar refractivity (Wildman–Crippen MR) is 147 cm³/mol. The Labute approximate surface area is 221 Å². The van der Waals surface area contributed by atoms with E-state index in [-0.39, 0.29) is 5.82 Å². The average molecular weight is 519 g/mol. The van der Waals surface area contributed by atoms with Gasteiger partial charge in [-0.15, -0.1) is 0 Å². The molecule has 2 aromatic heterocycles. The van der Waals surface area contributed by atoms with Crippen molar-refractivity contribution in [1.82, 2.24) is 19.9 Å². The molecule has 38 heavy (non-hydrogen) atoms. The van der Waals surface area contributed by atoms with Gasteiger partial charge in [0.1, 0.15) is 28.7 Å². The van der Waals surface area contributed by atoms with Crippen molar-refractivity contribution in [2.75, 3.05) is 19.4 Å². The first kappa shape index (κ1) is 26.7. The number of primary amides is 1. The first-order valence-corrected chi connectivity index (χ1v) is 12.5. The number of para-hydroxylation sites is 1. The normalized spacial score (nSPS) is 12.4. The van der Waals surface area contributed by atoms with Gasteiger partial charge in [-0.05, 0) is 57.4 Å². The van der Waals surface area contributed by atoms with Crippen LogP contribution in [0.3, 0.4) is 0 Å². The topological polar surface area (TPSA) is 147 Å². The molecule has 2 aromatic carbocycles. The van der Waals surface area contributed by atoms with E-state index in [9.17, 15) is 9.59 Å². The van der Waals surface area contributed by atoms with E-state index in [1.165, 1.54) is 0 Å². The van der Waals surface area contributed by atoms with Gasteiger partial charge in [-0.2, -0.15) is 0 Å². The van der Waals surface area contributed by atoms with Gasteiger partial charge >= 0.3 is 6.09 Å². The first-order valence-electron chi connectivity index (χ1n) is 12.5. The molecule has 200 valence electrons. The quantitative estimate of drug-likeness (QED) is 0.283. The molecule has 0 fully saturated rings. The maximum Gasteiger partial charge on any atom is 0.407 e. The number of hydrogen-bond donors (Lipinski definition) is 3. The number of hydrogen-bond acceptors (Lipinski definition) is 7. The molecule has 0 bridgehead atoms. The maximum absolute atomic E-state index is 12.9. The number of nitrogens with two attached hydrogens (primary N) is 2. The summed E-state index contributed by atoms with van der Waals surface area (Å²) in [5.41, 5.74) is 14.6. The van der Waals surface area contributed by atoms with Crippen molar-refractivity contribution in [3.8, 4) is 5.75 Å². The standard InChI is InChI=1S/C28H34N6O4/c1-28(2,3)38-27(36)31-15-7-10-21(26(30)35)34-22(16-17-11-13-18(37-4)14-12-17)33-23-24(34)19-8-5-6-9-20(19)32-25(23)29/h5-6,8-9,11-14,21H,7,10,15-16H2,1-4H3,(H2,29,32)(H2,30,35)(H,31,36). The number of nitrogens with zero attached hydrogens (tertiary/aromatic N) is 3. The summed E-state index contributed by atoms with van der Waals surface area (Å²) in [5.74, 6) is 1.16. The number of nitrogens with one attached hydrogen (secondary N) is 1. The van der Waals surface area contributed by atoms with Gasteiger partial charge in [0.25, 0.3) is 0 Å². The fourth-order valence-electron chi connectivity index (χ4n) is 4.45. The Balaban J connectivity index is 1.72. The fourth-order valence-corrected chi connectivity index (χ4v) is 4.45. The van der Waals surface area contributed by atoms with E-state index in [1.807, 2.05) is 53.1 Å². The summed E-state index contributed by atoms with van der Waals surface area (Å²) in [4.78, 5) is 34.3. The minimum Gasteiger partial charge on any atom is -0.497 e. The zero-order valence-corrected chi connectivity index (χ0v) is 22.2. The van der Waals surface area contributed by atoms with Gasteiger partial charge in [0.15, 0.2) is 5.82 Å². The number of anilines is 1. The van der Waals surface area contributed by atoms with Crippen molar-refractivity contribution >= 4 is 39.8 Å². The van der Waals surface area contributed by atoms with Crippen LogP contribution in [0.15, 0.2) is 48.5 Å². The molecule has 1 atom stereocenters. The first-order chi connectivity index (χ1) is 18.1. The van der Waals surface area contributed by atoms with Crippen LogP contribution in [0, 0.1) is 0 Å². The lowest BCUT2D eigenvalue weighted by molar-refractivity contribution is -0.121. The van der Waals surface area contributed by atoms with Crippen LogP contribution in [0.2, 0.25) is 0 Å². The lowest BCUT2D eigenvalue weighted by atomic mass is 10.1.